The van der Waals surface area contributed by atoms with Gasteiger partial charge in [-0.05, 0) is 31.2 Å². The highest BCUT2D eigenvalue weighted by molar-refractivity contribution is 6.07. The second-order valence-electron chi connectivity index (χ2n) is 6.80. The van der Waals surface area contributed by atoms with E-state index in [4.69, 9.17) is 0 Å². The molecule has 1 aromatic heterocycles. The van der Waals surface area contributed by atoms with Crippen LogP contribution in [-0.4, -0.2) is 29.1 Å². The molecule has 140 valence electrons. The van der Waals surface area contributed by atoms with Gasteiger partial charge in [-0.3, -0.25) is 14.4 Å². The zero-order valence-corrected chi connectivity index (χ0v) is 16.0. The molecule has 0 aliphatic heterocycles. The van der Waals surface area contributed by atoms with Crippen LogP contribution in [0.3, 0.4) is 0 Å². The Morgan fingerprint density at radius 3 is 1.96 bits per heavy atom. The number of fused-ring (bicyclic) bond motifs is 1. The lowest BCUT2D eigenvalue weighted by Crippen LogP contribution is -2.39. The summed E-state index contributed by atoms with van der Waals surface area (Å²) in [7, 11) is 6.81. The Hall–Kier alpha value is -3.35. The number of aryl methyl sites for hydroxylation is 3. The Morgan fingerprint density at radius 2 is 1.44 bits per heavy atom. The van der Waals surface area contributed by atoms with E-state index in [1.54, 1.807) is 38.4 Å². The number of hydrogen-bond acceptors (Lipinski definition) is 4. The molecule has 1 N–H and O–H groups in total. The Morgan fingerprint density at radius 1 is 0.926 bits per heavy atom. The molecule has 0 aliphatic carbocycles. The van der Waals surface area contributed by atoms with E-state index in [1.807, 2.05) is 38.1 Å². The Balaban J connectivity index is 2.18. The molecular weight excluding hydrogens is 344 g/mol. The fourth-order valence-electron chi connectivity index (χ4n) is 2.98. The van der Waals surface area contributed by atoms with Crippen molar-refractivity contribution in [2.24, 2.45) is 14.1 Å². The van der Waals surface area contributed by atoms with Crippen molar-refractivity contribution in [1.29, 1.82) is 0 Å². The highest BCUT2D eigenvalue weighted by Gasteiger charge is 2.16. The van der Waals surface area contributed by atoms with Crippen LogP contribution in [-0.2, 0) is 14.1 Å². The molecule has 7 nitrogen and oxygen atoms in total. The van der Waals surface area contributed by atoms with Crippen molar-refractivity contribution in [3.63, 3.8) is 0 Å². The minimum absolute atomic E-state index is 0.243. The third kappa shape index (κ3) is 3.23. The van der Waals surface area contributed by atoms with Crippen molar-refractivity contribution in [1.82, 2.24) is 9.13 Å². The molecule has 0 atom stereocenters. The maximum Gasteiger partial charge on any atom is 0.316 e. The molecular formula is C20H22N4O3. The van der Waals surface area contributed by atoms with E-state index in [2.05, 4.69) is 5.32 Å². The number of rotatable bonds is 3. The molecule has 3 rings (SSSR count). The first-order valence-electron chi connectivity index (χ1n) is 8.50. The molecule has 7 heteroatoms. The number of nitrogens with zero attached hydrogens (tertiary/aromatic N) is 3. The van der Waals surface area contributed by atoms with Gasteiger partial charge in [0.25, 0.3) is 5.91 Å². The normalized spacial score (nSPS) is 10.9. The number of amides is 1. The molecule has 0 spiro atoms. The summed E-state index contributed by atoms with van der Waals surface area (Å²) in [6.45, 7) is 1.96. The summed E-state index contributed by atoms with van der Waals surface area (Å²) >= 11 is 0. The number of nitrogens with one attached hydrogen (secondary N) is 1. The van der Waals surface area contributed by atoms with Gasteiger partial charge in [0, 0.05) is 33.8 Å². The minimum atomic E-state index is -0.613. The number of hydrogen-bond donors (Lipinski definition) is 1. The van der Waals surface area contributed by atoms with Crippen LogP contribution in [0, 0.1) is 6.92 Å². The van der Waals surface area contributed by atoms with Gasteiger partial charge in [0.1, 0.15) is 0 Å². The number of aromatic nitrogens is 2. The highest BCUT2D eigenvalue weighted by Crippen LogP contribution is 2.29. The van der Waals surface area contributed by atoms with Gasteiger partial charge in [0.2, 0.25) is 0 Å². The topological polar surface area (TPSA) is 76.3 Å². The van der Waals surface area contributed by atoms with E-state index in [9.17, 15) is 14.4 Å². The summed E-state index contributed by atoms with van der Waals surface area (Å²) in [5.74, 6) is -0.243. The molecule has 0 radical (unpaired) electrons. The zero-order chi connectivity index (χ0) is 19.9. The van der Waals surface area contributed by atoms with Crippen LogP contribution in [0.1, 0.15) is 15.9 Å². The first kappa shape index (κ1) is 18.4. The second-order valence-corrected chi connectivity index (χ2v) is 6.80. The van der Waals surface area contributed by atoms with Crippen molar-refractivity contribution in [2.75, 3.05) is 24.3 Å². The largest absolute Gasteiger partial charge is 0.376 e. The van der Waals surface area contributed by atoms with E-state index in [-0.39, 0.29) is 5.91 Å². The number of benzene rings is 2. The number of carbonyl (C=O) groups is 1. The number of carbonyl (C=O) groups excluding carboxylic acids is 1. The fraction of sp³-hybridized carbons (Fsp3) is 0.250. The average Bonchev–Trinajstić information content (AvgIpc) is 2.64. The van der Waals surface area contributed by atoms with Crippen molar-refractivity contribution in [3.8, 4) is 0 Å². The van der Waals surface area contributed by atoms with E-state index in [1.165, 1.54) is 9.13 Å². The average molecular weight is 366 g/mol. The second kappa shape index (κ2) is 6.75. The molecule has 0 aliphatic rings. The van der Waals surface area contributed by atoms with Crippen molar-refractivity contribution in [3.05, 3.63) is 68.2 Å². The third-order valence-electron chi connectivity index (χ3n) is 4.65. The van der Waals surface area contributed by atoms with Crippen LogP contribution < -0.4 is 21.3 Å². The Labute approximate surface area is 156 Å². The Kier molecular flexibility index (Phi) is 4.61. The van der Waals surface area contributed by atoms with E-state index in [0.717, 1.165) is 11.3 Å². The van der Waals surface area contributed by atoms with Crippen molar-refractivity contribution >= 4 is 28.3 Å². The van der Waals surface area contributed by atoms with Gasteiger partial charge in [-0.25, -0.2) is 0 Å². The SMILES string of the molecule is Cc1ccc(C(=O)Nc2cc3c(cc2N(C)C)n(C)c(=O)c(=O)n3C)cc1. The van der Waals surface area contributed by atoms with Gasteiger partial charge in [-0.15, -0.1) is 0 Å². The quantitative estimate of drug-likeness (QED) is 0.718. The minimum Gasteiger partial charge on any atom is -0.376 e. The molecule has 1 heterocycles. The predicted molar refractivity (Wildman–Crippen MR) is 108 cm³/mol. The van der Waals surface area contributed by atoms with Crippen molar-refractivity contribution in [2.45, 2.75) is 6.92 Å². The number of anilines is 2. The predicted octanol–water partition coefficient (Wildman–Crippen LogP) is 1.86. The molecule has 2 aromatic carbocycles. The maximum absolute atomic E-state index is 12.7. The van der Waals surface area contributed by atoms with Gasteiger partial charge >= 0.3 is 11.1 Å². The molecule has 0 saturated heterocycles. The third-order valence-corrected chi connectivity index (χ3v) is 4.65. The molecule has 27 heavy (non-hydrogen) atoms. The Bertz CT molecular complexity index is 1160. The van der Waals surface area contributed by atoms with Crippen LogP contribution in [0.5, 0.6) is 0 Å². The molecule has 0 unspecified atom stereocenters. The summed E-state index contributed by atoms with van der Waals surface area (Å²) in [4.78, 5) is 38.7. The van der Waals surface area contributed by atoms with Gasteiger partial charge < -0.3 is 19.4 Å². The van der Waals surface area contributed by atoms with Crippen LogP contribution in [0.4, 0.5) is 11.4 Å². The summed E-state index contributed by atoms with van der Waals surface area (Å²) in [5.41, 5.74) is 2.88. The summed E-state index contributed by atoms with van der Waals surface area (Å²) in [6, 6.07) is 10.8. The summed E-state index contributed by atoms with van der Waals surface area (Å²) in [6.07, 6.45) is 0. The van der Waals surface area contributed by atoms with Gasteiger partial charge in [-0.1, -0.05) is 17.7 Å². The van der Waals surface area contributed by atoms with Crippen LogP contribution in [0.25, 0.3) is 11.0 Å². The first-order chi connectivity index (χ1) is 12.7. The lowest BCUT2D eigenvalue weighted by Gasteiger charge is -2.20. The van der Waals surface area contributed by atoms with Gasteiger partial charge in [0.15, 0.2) is 0 Å². The lowest BCUT2D eigenvalue weighted by molar-refractivity contribution is 0.102. The molecule has 0 bridgehead atoms. The molecule has 3 aromatic rings. The molecule has 0 fully saturated rings. The standard InChI is InChI=1S/C20H22N4O3/c1-12-6-8-13(9-7-12)18(25)21-14-10-16-17(11-15(14)22(2)3)24(5)20(27)19(26)23(16)4/h6-11H,1-5H3,(H,21,25). The zero-order valence-electron chi connectivity index (χ0n) is 16.0. The highest BCUT2D eigenvalue weighted by atomic mass is 16.2. The fourth-order valence-corrected chi connectivity index (χ4v) is 2.98. The van der Waals surface area contributed by atoms with Gasteiger partial charge in [0.05, 0.1) is 22.4 Å². The van der Waals surface area contributed by atoms with Crippen molar-refractivity contribution < 1.29 is 4.79 Å². The van der Waals surface area contributed by atoms with Gasteiger partial charge in [-0.2, -0.15) is 0 Å². The molecule has 1 amide bonds. The van der Waals surface area contributed by atoms with E-state index >= 15 is 0 Å². The first-order valence-corrected chi connectivity index (χ1v) is 8.50. The van der Waals surface area contributed by atoms with Crippen LogP contribution >= 0.6 is 0 Å². The summed E-state index contributed by atoms with van der Waals surface area (Å²) < 4.78 is 2.63. The van der Waals surface area contributed by atoms with E-state index < -0.39 is 11.1 Å². The summed E-state index contributed by atoms with van der Waals surface area (Å²) in [5, 5.41) is 2.92. The maximum atomic E-state index is 12.7. The van der Waals surface area contributed by atoms with Crippen LogP contribution in [0.2, 0.25) is 0 Å². The monoisotopic (exact) mass is 366 g/mol. The lowest BCUT2D eigenvalue weighted by atomic mass is 10.1. The van der Waals surface area contributed by atoms with E-state index in [0.29, 0.717) is 22.3 Å². The van der Waals surface area contributed by atoms with Crippen LogP contribution in [0.15, 0.2) is 46.0 Å². The smallest absolute Gasteiger partial charge is 0.316 e. The molecule has 0 saturated carbocycles.